The number of ketones is 1. The van der Waals surface area contributed by atoms with Crippen molar-refractivity contribution in [2.75, 3.05) is 12.0 Å². The van der Waals surface area contributed by atoms with Gasteiger partial charge < -0.3 is 4.98 Å². The van der Waals surface area contributed by atoms with Crippen LogP contribution in [-0.4, -0.2) is 41.4 Å². The summed E-state index contributed by atoms with van der Waals surface area (Å²) < 4.78 is 23.6. The fourth-order valence-corrected chi connectivity index (χ4v) is 3.54. The van der Waals surface area contributed by atoms with E-state index in [0.717, 1.165) is 6.26 Å². The van der Waals surface area contributed by atoms with Crippen molar-refractivity contribution in [1.29, 1.82) is 0 Å². The third-order valence-electron chi connectivity index (χ3n) is 3.34. The molecule has 0 aliphatic carbocycles. The maximum absolute atomic E-state index is 12.5. The Hall–Kier alpha value is -1.77. The molecule has 0 fully saturated rings. The molecule has 124 valence electrons. The molecular weight excluding hydrogens is 418 g/mol. The number of fused-ring (bicyclic) bond motifs is 1. The molecule has 1 N–H and O–H groups in total. The van der Waals surface area contributed by atoms with E-state index in [1.807, 2.05) is 0 Å². The topological polar surface area (TPSA) is 92.8 Å². The molecule has 0 radical (unpaired) electrons. The number of hydrogen-bond donors (Lipinski definition) is 1. The summed E-state index contributed by atoms with van der Waals surface area (Å²) in [6.07, 6.45) is 2.53. The number of aromatic nitrogens is 3. The smallest absolute Gasteiger partial charge is 0.194 e. The zero-order chi connectivity index (χ0) is 17.5. The monoisotopic (exact) mass is 427 g/mol. The molecule has 0 spiro atoms. The van der Waals surface area contributed by atoms with Crippen LogP contribution in [0.25, 0.3) is 22.2 Å². The second-order valence-corrected chi connectivity index (χ2v) is 8.69. The zero-order valence-electron chi connectivity index (χ0n) is 12.4. The van der Waals surface area contributed by atoms with Gasteiger partial charge in [0.15, 0.2) is 15.6 Å². The Labute approximate surface area is 151 Å². The van der Waals surface area contributed by atoms with Crippen LogP contribution in [0.5, 0.6) is 0 Å². The number of carbonyl (C=O) groups is 1. The lowest BCUT2D eigenvalue weighted by Gasteiger charge is -2.03. The van der Waals surface area contributed by atoms with E-state index >= 15 is 0 Å². The molecule has 2 aromatic heterocycles. The minimum absolute atomic E-state index is 0.171. The van der Waals surface area contributed by atoms with E-state index in [4.69, 9.17) is 11.6 Å². The first-order valence-electron chi connectivity index (χ1n) is 6.76. The van der Waals surface area contributed by atoms with Crippen molar-refractivity contribution >= 4 is 54.1 Å². The van der Waals surface area contributed by atoms with Crippen LogP contribution in [0, 0.1) is 0 Å². The molecule has 3 rings (SSSR count). The second-order valence-electron chi connectivity index (χ2n) is 5.29. The number of carbonyl (C=O) groups excluding carboxylic acids is 1. The van der Waals surface area contributed by atoms with Gasteiger partial charge in [-0.15, -0.1) is 0 Å². The van der Waals surface area contributed by atoms with E-state index in [9.17, 15) is 13.2 Å². The number of benzene rings is 1. The molecule has 2 heterocycles. The van der Waals surface area contributed by atoms with Gasteiger partial charge in [0.2, 0.25) is 0 Å². The molecule has 0 unspecified atom stereocenters. The van der Waals surface area contributed by atoms with Crippen molar-refractivity contribution in [3.8, 4) is 11.3 Å². The first-order chi connectivity index (χ1) is 11.3. The number of halogens is 2. The van der Waals surface area contributed by atoms with Gasteiger partial charge in [-0.25, -0.2) is 8.42 Å². The van der Waals surface area contributed by atoms with Gasteiger partial charge in [-0.1, -0.05) is 11.6 Å². The summed E-state index contributed by atoms with van der Waals surface area (Å²) in [5.41, 5.74) is 1.76. The lowest BCUT2D eigenvalue weighted by Crippen LogP contribution is -2.15. The number of hydrogen-bond acceptors (Lipinski definition) is 5. The van der Waals surface area contributed by atoms with E-state index in [2.05, 4.69) is 31.1 Å². The van der Waals surface area contributed by atoms with Gasteiger partial charge in [0.1, 0.15) is 5.75 Å². The van der Waals surface area contributed by atoms with Gasteiger partial charge in [-0.05, 0) is 40.2 Å². The van der Waals surface area contributed by atoms with Crippen molar-refractivity contribution in [3.63, 3.8) is 0 Å². The molecule has 0 amide bonds. The highest BCUT2D eigenvalue weighted by Gasteiger charge is 2.23. The molecule has 0 atom stereocenters. The Kier molecular flexibility index (Phi) is 4.46. The SMILES string of the molecule is CS(=O)(=O)CC(=O)c1[nH]c2cc(Br)c(Cl)cc2c1-c1cccnn1. The highest BCUT2D eigenvalue weighted by atomic mass is 79.9. The van der Waals surface area contributed by atoms with Crippen molar-refractivity contribution < 1.29 is 13.2 Å². The molecule has 0 saturated carbocycles. The van der Waals surface area contributed by atoms with E-state index in [0.29, 0.717) is 31.7 Å². The molecule has 0 aliphatic heterocycles. The first-order valence-corrected chi connectivity index (χ1v) is 9.99. The molecule has 6 nitrogen and oxygen atoms in total. The van der Waals surface area contributed by atoms with Crippen molar-refractivity contribution in [2.45, 2.75) is 0 Å². The van der Waals surface area contributed by atoms with Crippen LogP contribution in [0.4, 0.5) is 0 Å². The van der Waals surface area contributed by atoms with Crippen molar-refractivity contribution in [2.24, 2.45) is 0 Å². The van der Waals surface area contributed by atoms with E-state index < -0.39 is 21.4 Å². The van der Waals surface area contributed by atoms with Crippen molar-refractivity contribution in [3.05, 3.63) is 45.7 Å². The van der Waals surface area contributed by atoms with Gasteiger partial charge in [-0.2, -0.15) is 10.2 Å². The Morgan fingerprint density at radius 3 is 2.75 bits per heavy atom. The van der Waals surface area contributed by atoms with Crippen molar-refractivity contribution in [1.82, 2.24) is 15.2 Å². The fraction of sp³-hybridized carbons (Fsp3) is 0.133. The fourth-order valence-electron chi connectivity index (χ4n) is 2.41. The van der Waals surface area contributed by atoms with Gasteiger partial charge >= 0.3 is 0 Å². The maximum Gasteiger partial charge on any atom is 0.194 e. The minimum atomic E-state index is -3.47. The lowest BCUT2D eigenvalue weighted by atomic mass is 10.1. The summed E-state index contributed by atoms with van der Waals surface area (Å²) in [5.74, 6) is -1.14. The van der Waals surface area contributed by atoms with Gasteiger partial charge in [0.25, 0.3) is 0 Å². The third-order valence-corrected chi connectivity index (χ3v) is 5.32. The number of nitrogens with one attached hydrogen (secondary N) is 1. The molecule has 0 saturated heterocycles. The summed E-state index contributed by atoms with van der Waals surface area (Å²) >= 11 is 9.50. The van der Waals surface area contributed by atoms with Crippen LogP contribution in [0.2, 0.25) is 5.02 Å². The van der Waals surface area contributed by atoms with Gasteiger partial charge in [0.05, 0.1) is 16.4 Å². The van der Waals surface area contributed by atoms with Crippen LogP contribution in [0.1, 0.15) is 10.5 Å². The number of rotatable bonds is 4. The minimum Gasteiger partial charge on any atom is -0.351 e. The normalized spacial score (nSPS) is 11.8. The predicted molar refractivity (Wildman–Crippen MR) is 96.1 cm³/mol. The molecule has 3 aromatic rings. The molecule has 24 heavy (non-hydrogen) atoms. The number of H-pyrrole nitrogens is 1. The number of aromatic amines is 1. The Morgan fingerprint density at radius 1 is 1.38 bits per heavy atom. The Morgan fingerprint density at radius 2 is 2.12 bits per heavy atom. The predicted octanol–water partition coefficient (Wildman–Crippen LogP) is 3.27. The summed E-state index contributed by atoms with van der Waals surface area (Å²) in [7, 11) is -3.47. The Balaban J connectivity index is 2.30. The zero-order valence-corrected chi connectivity index (χ0v) is 15.5. The third kappa shape index (κ3) is 3.35. The molecule has 1 aromatic carbocycles. The average molecular weight is 429 g/mol. The van der Waals surface area contributed by atoms with Crippen LogP contribution in [0.3, 0.4) is 0 Å². The average Bonchev–Trinajstić information content (AvgIpc) is 2.85. The number of sulfone groups is 1. The van der Waals surface area contributed by atoms with Crippen LogP contribution in [-0.2, 0) is 9.84 Å². The maximum atomic E-state index is 12.5. The molecule has 9 heteroatoms. The second kappa shape index (κ2) is 6.27. The van der Waals surface area contributed by atoms with E-state index in [1.54, 1.807) is 24.3 Å². The van der Waals surface area contributed by atoms with Crippen LogP contribution in [0.15, 0.2) is 34.9 Å². The first kappa shape index (κ1) is 17.1. The van der Waals surface area contributed by atoms with Gasteiger partial charge in [0, 0.05) is 33.4 Å². The summed E-state index contributed by atoms with van der Waals surface area (Å²) in [5, 5.41) is 9.00. The number of Topliss-reactive ketones (excluding diaryl/α,β-unsaturated/α-hetero) is 1. The molecule has 0 aliphatic rings. The summed E-state index contributed by atoms with van der Waals surface area (Å²) in [6, 6.07) is 6.81. The number of nitrogens with zero attached hydrogens (tertiary/aromatic N) is 2. The highest BCUT2D eigenvalue weighted by molar-refractivity contribution is 9.10. The lowest BCUT2D eigenvalue weighted by molar-refractivity contribution is 0.101. The summed E-state index contributed by atoms with van der Waals surface area (Å²) in [4.78, 5) is 15.5. The van der Waals surface area contributed by atoms with Crippen LogP contribution >= 0.6 is 27.5 Å². The quantitative estimate of drug-likeness (QED) is 0.644. The standard InChI is InChI=1S/C15H11BrClN3O3S/c1-24(22,23)7-13(21)15-14(11-3-2-4-18-20-11)8-5-10(17)9(16)6-12(8)19-15/h2-6,19H,7H2,1H3. The largest absolute Gasteiger partial charge is 0.351 e. The van der Waals surface area contributed by atoms with Gasteiger partial charge in [-0.3, -0.25) is 4.79 Å². The Bertz CT molecular complexity index is 1050. The molecule has 0 bridgehead atoms. The molecular formula is C15H11BrClN3O3S. The summed E-state index contributed by atoms with van der Waals surface area (Å²) in [6.45, 7) is 0. The highest BCUT2D eigenvalue weighted by Crippen LogP contribution is 2.36. The van der Waals surface area contributed by atoms with E-state index in [-0.39, 0.29) is 5.69 Å². The van der Waals surface area contributed by atoms with Crippen LogP contribution < -0.4 is 0 Å². The van der Waals surface area contributed by atoms with E-state index in [1.165, 1.54) is 6.20 Å².